The fourth-order valence-corrected chi connectivity index (χ4v) is 1.68. The maximum absolute atomic E-state index is 10.7. The van der Waals surface area contributed by atoms with E-state index in [1.807, 2.05) is 12.1 Å². The molecule has 1 aromatic rings. The molecule has 16 heavy (non-hydrogen) atoms. The molecule has 0 unspecified atom stereocenters. The molecule has 1 aromatic carbocycles. The number of carbonyl (C=O) groups is 1. The Balaban J connectivity index is 2.94. The third kappa shape index (κ3) is 3.07. The molecule has 0 aliphatic heterocycles. The lowest BCUT2D eigenvalue weighted by Crippen LogP contribution is -2.22. The smallest absolute Gasteiger partial charge is 0.150 e. The number of aldehydes is 1. The second kappa shape index (κ2) is 6.28. The first-order valence-corrected chi connectivity index (χ1v) is 5.59. The standard InChI is InChI=1S/C13H19NO2/c1-4-14(5-2)9-12-8-11(10-15)6-7-13(12)16-3/h6-8,10H,4-5,9H2,1-3H3. The topological polar surface area (TPSA) is 29.5 Å². The summed E-state index contributed by atoms with van der Waals surface area (Å²) in [5.41, 5.74) is 1.76. The highest BCUT2D eigenvalue weighted by Crippen LogP contribution is 2.20. The Morgan fingerprint density at radius 1 is 1.31 bits per heavy atom. The molecule has 1 rings (SSSR count). The fourth-order valence-electron chi connectivity index (χ4n) is 1.68. The molecule has 0 atom stereocenters. The molecule has 88 valence electrons. The lowest BCUT2D eigenvalue weighted by Gasteiger charge is -2.19. The molecule has 0 spiro atoms. The van der Waals surface area contributed by atoms with Crippen LogP contribution in [0, 0.1) is 0 Å². The largest absolute Gasteiger partial charge is 0.496 e. The molecule has 0 saturated heterocycles. The van der Waals surface area contributed by atoms with E-state index in [2.05, 4.69) is 18.7 Å². The van der Waals surface area contributed by atoms with Crippen LogP contribution in [0.3, 0.4) is 0 Å². The first-order chi connectivity index (χ1) is 7.74. The first kappa shape index (κ1) is 12.7. The summed E-state index contributed by atoms with van der Waals surface area (Å²) < 4.78 is 5.29. The van der Waals surface area contributed by atoms with Gasteiger partial charge in [0.2, 0.25) is 0 Å². The summed E-state index contributed by atoms with van der Waals surface area (Å²) in [5.74, 6) is 0.845. The summed E-state index contributed by atoms with van der Waals surface area (Å²) in [6.07, 6.45) is 0.866. The lowest BCUT2D eigenvalue weighted by atomic mass is 10.1. The zero-order valence-corrected chi connectivity index (χ0v) is 10.2. The maximum Gasteiger partial charge on any atom is 0.150 e. The minimum Gasteiger partial charge on any atom is -0.496 e. The Morgan fingerprint density at radius 3 is 2.50 bits per heavy atom. The third-order valence-corrected chi connectivity index (χ3v) is 2.73. The molecule has 3 heteroatoms. The number of rotatable bonds is 6. The third-order valence-electron chi connectivity index (χ3n) is 2.73. The van der Waals surface area contributed by atoms with Gasteiger partial charge in [0.15, 0.2) is 0 Å². The van der Waals surface area contributed by atoms with Crippen LogP contribution >= 0.6 is 0 Å². The van der Waals surface area contributed by atoms with Crippen molar-refractivity contribution in [3.63, 3.8) is 0 Å². The average Bonchev–Trinajstić information content (AvgIpc) is 2.35. The van der Waals surface area contributed by atoms with Gasteiger partial charge in [-0.05, 0) is 31.3 Å². The van der Waals surface area contributed by atoms with Gasteiger partial charge in [0.25, 0.3) is 0 Å². The Labute approximate surface area is 97.0 Å². The maximum atomic E-state index is 10.7. The van der Waals surface area contributed by atoms with E-state index >= 15 is 0 Å². The average molecular weight is 221 g/mol. The molecule has 0 radical (unpaired) electrons. The van der Waals surface area contributed by atoms with Crippen LogP contribution in [0.25, 0.3) is 0 Å². The van der Waals surface area contributed by atoms with Gasteiger partial charge < -0.3 is 4.74 Å². The number of methoxy groups -OCH3 is 1. The molecule has 0 amide bonds. The van der Waals surface area contributed by atoms with Gasteiger partial charge in [-0.2, -0.15) is 0 Å². The summed E-state index contributed by atoms with van der Waals surface area (Å²) in [4.78, 5) is 13.0. The van der Waals surface area contributed by atoms with E-state index in [1.165, 1.54) is 0 Å². The van der Waals surface area contributed by atoms with Crippen LogP contribution in [0.2, 0.25) is 0 Å². The Kier molecular flexibility index (Phi) is 4.99. The summed E-state index contributed by atoms with van der Waals surface area (Å²) in [6, 6.07) is 5.52. The van der Waals surface area contributed by atoms with Gasteiger partial charge in [-0.25, -0.2) is 0 Å². The van der Waals surface area contributed by atoms with Crippen molar-refractivity contribution >= 4 is 6.29 Å². The second-order valence-corrected chi connectivity index (χ2v) is 3.65. The second-order valence-electron chi connectivity index (χ2n) is 3.65. The quantitative estimate of drug-likeness (QED) is 0.691. The monoisotopic (exact) mass is 221 g/mol. The summed E-state index contributed by atoms with van der Waals surface area (Å²) in [7, 11) is 1.65. The van der Waals surface area contributed by atoms with Crippen LogP contribution in [0.5, 0.6) is 5.75 Å². The van der Waals surface area contributed by atoms with Gasteiger partial charge in [-0.3, -0.25) is 9.69 Å². The van der Waals surface area contributed by atoms with Gasteiger partial charge in [0.1, 0.15) is 12.0 Å². The number of ether oxygens (including phenoxy) is 1. The minimum absolute atomic E-state index is 0.697. The van der Waals surface area contributed by atoms with Gasteiger partial charge in [-0.1, -0.05) is 13.8 Å². The van der Waals surface area contributed by atoms with Crippen LogP contribution in [-0.4, -0.2) is 31.4 Å². The van der Waals surface area contributed by atoms with Crippen LogP contribution in [0.1, 0.15) is 29.8 Å². The number of hydrogen-bond acceptors (Lipinski definition) is 3. The van der Waals surface area contributed by atoms with Gasteiger partial charge >= 0.3 is 0 Å². The molecule has 0 bridgehead atoms. The van der Waals surface area contributed by atoms with Crippen molar-refractivity contribution in [3.05, 3.63) is 29.3 Å². The molecule has 3 nitrogen and oxygen atoms in total. The molecule has 0 saturated carbocycles. The summed E-state index contributed by atoms with van der Waals surface area (Å²) in [5, 5.41) is 0. The molecule has 0 aliphatic carbocycles. The van der Waals surface area contributed by atoms with E-state index in [0.717, 1.165) is 37.2 Å². The highest BCUT2D eigenvalue weighted by atomic mass is 16.5. The number of benzene rings is 1. The van der Waals surface area contributed by atoms with Crippen LogP contribution in [-0.2, 0) is 6.54 Å². The Hall–Kier alpha value is -1.35. The molecule has 0 aliphatic rings. The number of carbonyl (C=O) groups excluding carboxylic acids is 1. The van der Waals surface area contributed by atoms with Crippen molar-refractivity contribution in [2.24, 2.45) is 0 Å². The van der Waals surface area contributed by atoms with Crippen molar-refractivity contribution < 1.29 is 9.53 Å². The lowest BCUT2D eigenvalue weighted by molar-refractivity contribution is 0.112. The van der Waals surface area contributed by atoms with E-state index in [0.29, 0.717) is 5.56 Å². The summed E-state index contributed by atoms with van der Waals surface area (Å²) in [6.45, 7) is 7.05. The molecular formula is C13H19NO2. The highest BCUT2D eigenvalue weighted by Gasteiger charge is 2.07. The SMILES string of the molecule is CCN(CC)Cc1cc(C=O)ccc1OC. The van der Waals surface area contributed by atoms with Crippen molar-refractivity contribution in [1.82, 2.24) is 4.90 Å². The van der Waals surface area contributed by atoms with E-state index in [9.17, 15) is 4.79 Å². The van der Waals surface area contributed by atoms with Gasteiger partial charge in [-0.15, -0.1) is 0 Å². The van der Waals surface area contributed by atoms with Crippen LogP contribution in [0.15, 0.2) is 18.2 Å². The fraction of sp³-hybridized carbons (Fsp3) is 0.462. The van der Waals surface area contributed by atoms with Gasteiger partial charge in [0.05, 0.1) is 7.11 Å². The number of nitrogens with zero attached hydrogens (tertiary/aromatic N) is 1. The highest BCUT2D eigenvalue weighted by molar-refractivity contribution is 5.75. The van der Waals surface area contributed by atoms with Crippen molar-refractivity contribution in [1.29, 1.82) is 0 Å². The summed E-state index contributed by atoms with van der Waals surface area (Å²) >= 11 is 0. The van der Waals surface area contributed by atoms with Crippen LogP contribution in [0.4, 0.5) is 0 Å². The normalized spacial score (nSPS) is 10.5. The predicted octanol–water partition coefficient (Wildman–Crippen LogP) is 2.35. The van der Waals surface area contributed by atoms with E-state index < -0.39 is 0 Å². The number of hydrogen-bond donors (Lipinski definition) is 0. The molecule has 0 fully saturated rings. The molecular weight excluding hydrogens is 202 g/mol. The molecule has 0 aromatic heterocycles. The van der Waals surface area contributed by atoms with E-state index in [1.54, 1.807) is 13.2 Å². The predicted molar refractivity (Wildman–Crippen MR) is 65.0 cm³/mol. The zero-order chi connectivity index (χ0) is 12.0. The minimum atomic E-state index is 0.697. The Bertz CT molecular complexity index is 346. The van der Waals surface area contributed by atoms with Crippen molar-refractivity contribution in [3.8, 4) is 5.75 Å². The molecule has 0 N–H and O–H groups in total. The van der Waals surface area contributed by atoms with Crippen molar-refractivity contribution in [2.45, 2.75) is 20.4 Å². The van der Waals surface area contributed by atoms with Gasteiger partial charge in [0, 0.05) is 17.7 Å². The zero-order valence-electron chi connectivity index (χ0n) is 10.2. The van der Waals surface area contributed by atoms with Crippen molar-refractivity contribution in [2.75, 3.05) is 20.2 Å². The first-order valence-electron chi connectivity index (χ1n) is 5.59. The van der Waals surface area contributed by atoms with E-state index in [4.69, 9.17) is 4.74 Å². The Morgan fingerprint density at radius 2 is 2.00 bits per heavy atom. The van der Waals surface area contributed by atoms with Crippen LogP contribution < -0.4 is 4.74 Å². The van der Waals surface area contributed by atoms with E-state index in [-0.39, 0.29) is 0 Å². The molecule has 0 heterocycles.